The second kappa shape index (κ2) is 9.25. The summed E-state index contributed by atoms with van der Waals surface area (Å²) in [5.41, 5.74) is 1.25. The van der Waals surface area contributed by atoms with E-state index in [4.69, 9.17) is 5.26 Å². The van der Waals surface area contributed by atoms with Gasteiger partial charge in [-0.3, -0.25) is 19.7 Å². The number of anilines is 1. The number of nitrogens with one attached hydrogen (secondary N) is 1. The number of benzene rings is 2. The molecule has 2 aromatic carbocycles. The first-order chi connectivity index (χ1) is 14.5. The highest BCUT2D eigenvalue weighted by molar-refractivity contribution is 5.92. The fourth-order valence-electron chi connectivity index (χ4n) is 2.82. The SMILES string of the molecule is N#Cc1cc([N+](=O)[O-])ccc1NC(=O)CCCn1nc(-c2ccccc2)ccc1=O. The fourth-order valence-corrected chi connectivity index (χ4v) is 2.82. The molecule has 3 rings (SSSR count). The van der Waals surface area contributed by atoms with Crippen molar-refractivity contribution in [1.82, 2.24) is 9.78 Å². The topological polar surface area (TPSA) is 131 Å². The van der Waals surface area contributed by atoms with Crippen molar-refractivity contribution >= 4 is 17.3 Å². The number of carbonyl (C=O) groups is 1. The van der Waals surface area contributed by atoms with Crippen LogP contribution in [0.25, 0.3) is 11.3 Å². The summed E-state index contributed by atoms with van der Waals surface area (Å²) >= 11 is 0. The molecule has 0 aliphatic heterocycles. The average molecular weight is 403 g/mol. The molecule has 1 aromatic heterocycles. The van der Waals surface area contributed by atoms with Crippen molar-refractivity contribution < 1.29 is 9.72 Å². The van der Waals surface area contributed by atoms with Gasteiger partial charge in [-0.1, -0.05) is 30.3 Å². The summed E-state index contributed by atoms with van der Waals surface area (Å²) in [6.07, 6.45) is 0.442. The lowest BCUT2D eigenvalue weighted by Crippen LogP contribution is -2.23. The number of aromatic nitrogens is 2. The first kappa shape index (κ1) is 20.4. The van der Waals surface area contributed by atoms with Crippen LogP contribution in [-0.4, -0.2) is 20.6 Å². The monoisotopic (exact) mass is 403 g/mol. The van der Waals surface area contributed by atoms with Gasteiger partial charge in [-0.05, 0) is 18.6 Å². The van der Waals surface area contributed by atoms with Crippen molar-refractivity contribution in [3.05, 3.63) is 86.7 Å². The molecule has 0 atom stereocenters. The highest BCUT2D eigenvalue weighted by atomic mass is 16.6. The van der Waals surface area contributed by atoms with Crippen LogP contribution in [0.15, 0.2) is 65.5 Å². The molecular formula is C21H17N5O4. The number of amides is 1. The maximum absolute atomic E-state index is 12.2. The third-order valence-corrected chi connectivity index (χ3v) is 4.32. The number of carbonyl (C=O) groups excluding carboxylic acids is 1. The molecule has 9 nitrogen and oxygen atoms in total. The van der Waals surface area contributed by atoms with Crippen LogP contribution in [0.1, 0.15) is 18.4 Å². The zero-order valence-electron chi connectivity index (χ0n) is 15.8. The summed E-state index contributed by atoms with van der Waals surface area (Å²) < 4.78 is 1.31. The molecule has 1 N–H and O–H groups in total. The van der Waals surface area contributed by atoms with Gasteiger partial charge >= 0.3 is 0 Å². The zero-order chi connectivity index (χ0) is 21.5. The van der Waals surface area contributed by atoms with Crippen LogP contribution in [0.5, 0.6) is 0 Å². The Kier molecular flexibility index (Phi) is 6.29. The first-order valence-corrected chi connectivity index (χ1v) is 9.10. The molecule has 0 saturated carbocycles. The Balaban J connectivity index is 1.62. The van der Waals surface area contributed by atoms with E-state index in [1.54, 1.807) is 6.07 Å². The lowest BCUT2D eigenvalue weighted by atomic mass is 10.1. The van der Waals surface area contributed by atoms with Gasteiger partial charge in [-0.15, -0.1) is 0 Å². The number of nitro groups is 1. The van der Waals surface area contributed by atoms with Gasteiger partial charge < -0.3 is 5.32 Å². The Morgan fingerprint density at radius 1 is 1.17 bits per heavy atom. The lowest BCUT2D eigenvalue weighted by molar-refractivity contribution is -0.384. The van der Waals surface area contributed by atoms with Gasteiger partial charge in [0.15, 0.2) is 0 Å². The molecular weight excluding hydrogens is 386 g/mol. The average Bonchev–Trinajstić information content (AvgIpc) is 2.75. The fraction of sp³-hybridized carbons (Fsp3) is 0.143. The van der Waals surface area contributed by atoms with E-state index in [9.17, 15) is 19.7 Å². The van der Waals surface area contributed by atoms with Crippen LogP contribution in [-0.2, 0) is 11.3 Å². The van der Waals surface area contributed by atoms with Crippen molar-refractivity contribution in [3.63, 3.8) is 0 Å². The third kappa shape index (κ3) is 4.94. The second-order valence-corrected chi connectivity index (χ2v) is 6.40. The molecule has 0 radical (unpaired) electrons. The van der Waals surface area contributed by atoms with Gasteiger partial charge in [0.1, 0.15) is 6.07 Å². The first-order valence-electron chi connectivity index (χ1n) is 9.10. The van der Waals surface area contributed by atoms with E-state index in [0.29, 0.717) is 12.1 Å². The molecule has 0 bridgehead atoms. The molecule has 30 heavy (non-hydrogen) atoms. The highest BCUT2D eigenvalue weighted by Crippen LogP contribution is 2.21. The molecule has 9 heteroatoms. The Hall–Kier alpha value is -4.32. The predicted molar refractivity (Wildman–Crippen MR) is 110 cm³/mol. The van der Waals surface area contributed by atoms with Crippen LogP contribution >= 0.6 is 0 Å². The maximum Gasteiger partial charge on any atom is 0.270 e. The van der Waals surface area contributed by atoms with Crippen LogP contribution < -0.4 is 10.9 Å². The van der Waals surface area contributed by atoms with E-state index in [2.05, 4.69) is 10.4 Å². The van der Waals surface area contributed by atoms with Crippen molar-refractivity contribution in [3.8, 4) is 17.3 Å². The van der Waals surface area contributed by atoms with Crippen LogP contribution in [0.2, 0.25) is 0 Å². The van der Waals surface area contributed by atoms with Crippen molar-refractivity contribution in [1.29, 1.82) is 5.26 Å². The van der Waals surface area contributed by atoms with E-state index in [1.807, 2.05) is 36.4 Å². The Bertz CT molecular complexity index is 1180. The predicted octanol–water partition coefficient (Wildman–Crippen LogP) is 3.11. The quantitative estimate of drug-likeness (QED) is 0.476. The van der Waals surface area contributed by atoms with E-state index in [1.165, 1.54) is 22.9 Å². The third-order valence-electron chi connectivity index (χ3n) is 4.32. The molecule has 1 heterocycles. The largest absolute Gasteiger partial charge is 0.325 e. The normalized spacial score (nSPS) is 10.2. The number of nitriles is 1. The van der Waals surface area contributed by atoms with Gasteiger partial charge in [-0.25, -0.2) is 4.68 Å². The minimum absolute atomic E-state index is 0.00555. The number of nitro benzene ring substituents is 1. The molecule has 0 aliphatic rings. The number of hydrogen-bond donors (Lipinski definition) is 1. The summed E-state index contributed by atoms with van der Waals surface area (Å²) in [6.45, 7) is 0.248. The Labute approximate surface area is 171 Å². The Morgan fingerprint density at radius 2 is 1.93 bits per heavy atom. The second-order valence-electron chi connectivity index (χ2n) is 6.40. The molecule has 0 fully saturated rings. The maximum atomic E-state index is 12.2. The Morgan fingerprint density at radius 3 is 2.63 bits per heavy atom. The minimum atomic E-state index is -0.610. The van der Waals surface area contributed by atoms with Crippen LogP contribution in [0.4, 0.5) is 11.4 Å². The summed E-state index contributed by atoms with van der Waals surface area (Å²) in [7, 11) is 0. The van der Waals surface area contributed by atoms with Crippen molar-refractivity contribution in [2.45, 2.75) is 19.4 Å². The van der Waals surface area contributed by atoms with E-state index < -0.39 is 4.92 Å². The number of nitrogens with zero attached hydrogens (tertiary/aromatic N) is 4. The summed E-state index contributed by atoms with van der Waals surface area (Å²) in [5, 5.41) is 26.9. The standard InChI is InChI=1S/C21H17N5O4/c22-14-16-13-17(26(29)30)8-9-18(16)23-20(27)7-4-12-25-21(28)11-10-19(24-25)15-5-2-1-3-6-15/h1-3,5-6,8-11,13H,4,7,12H2,(H,23,27). The van der Waals surface area contributed by atoms with Crippen LogP contribution in [0, 0.1) is 21.4 Å². The van der Waals surface area contributed by atoms with E-state index >= 15 is 0 Å². The number of aryl methyl sites for hydroxylation is 1. The summed E-state index contributed by atoms with van der Waals surface area (Å²) in [6, 6.07) is 18.0. The highest BCUT2D eigenvalue weighted by Gasteiger charge is 2.13. The summed E-state index contributed by atoms with van der Waals surface area (Å²) in [5.74, 6) is -0.368. The number of non-ortho nitro benzene ring substituents is 1. The molecule has 3 aromatic rings. The lowest BCUT2D eigenvalue weighted by Gasteiger charge is -2.09. The molecule has 150 valence electrons. The number of hydrogen-bond acceptors (Lipinski definition) is 6. The van der Waals surface area contributed by atoms with E-state index in [-0.39, 0.29) is 41.4 Å². The smallest absolute Gasteiger partial charge is 0.270 e. The van der Waals surface area contributed by atoms with Crippen LogP contribution in [0.3, 0.4) is 0 Å². The molecule has 0 aliphatic carbocycles. The molecule has 0 unspecified atom stereocenters. The molecule has 0 saturated heterocycles. The van der Waals surface area contributed by atoms with Gasteiger partial charge in [0, 0.05) is 36.7 Å². The van der Waals surface area contributed by atoms with Gasteiger partial charge in [0.05, 0.1) is 21.9 Å². The molecule has 1 amide bonds. The van der Waals surface area contributed by atoms with Gasteiger partial charge in [-0.2, -0.15) is 10.4 Å². The van der Waals surface area contributed by atoms with Crippen molar-refractivity contribution in [2.75, 3.05) is 5.32 Å². The van der Waals surface area contributed by atoms with E-state index in [0.717, 1.165) is 11.6 Å². The molecule has 0 spiro atoms. The number of rotatable bonds is 7. The summed E-state index contributed by atoms with van der Waals surface area (Å²) in [4.78, 5) is 34.4. The van der Waals surface area contributed by atoms with Crippen molar-refractivity contribution in [2.24, 2.45) is 0 Å². The van der Waals surface area contributed by atoms with Gasteiger partial charge in [0.25, 0.3) is 11.2 Å². The van der Waals surface area contributed by atoms with Gasteiger partial charge in [0.2, 0.25) is 5.91 Å². The minimum Gasteiger partial charge on any atom is -0.325 e. The zero-order valence-corrected chi connectivity index (χ0v) is 15.8.